The van der Waals surface area contributed by atoms with Crippen molar-refractivity contribution in [3.05, 3.63) is 29.8 Å². The number of hydrogen-bond donors (Lipinski definition) is 1. The molecule has 1 aliphatic carbocycles. The molecule has 1 N–H and O–H groups in total. The Morgan fingerprint density at radius 2 is 1.74 bits per heavy atom. The molecule has 4 heteroatoms. The van der Waals surface area contributed by atoms with Crippen molar-refractivity contribution in [2.24, 2.45) is 5.92 Å². The van der Waals surface area contributed by atoms with E-state index in [1.165, 1.54) is 19.3 Å². The van der Waals surface area contributed by atoms with Crippen LogP contribution in [-0.4, -0.2) is 37.3 Å². The van der Waals surface area contributed by atoms with Crippen molar-refractivity contribution in [2.75, 3.05) is 27.2 Å². The van der Waals surface area contributed by atoms with Crippen LogP contribution in [0.25, 0.3) is 0 Å². The Balaban J connectivity index is 0.00000264. The molecular weight excluding hydrogens is 310 g/mol. The highest BCUT2D eigenvalue weighted by atomic mass is 35.5. The van der Waals surface area contributed by atoms with Gasteiger partial charge in [0, 0.05) is 6.54 Å². The lowest BCUT2D eigenvalue weighted by molar-refractivity contribution is -0.0500. The molecule has 23 heavy (non-hydrogen) atoms. The molecule has 1 aromatic rings. The van der Waals surface area contributed by atoms with Crippen LogP contribution in [0.1, 0.15) is 51.0 Å². The van der Waals surface area contributed by atoms with E-state index in [1.807, 2.05) is 19.1 Å². The second-order valence-corrected chi connectivity index (χ2v) is 6.77. The summed E-state index contributed by atoms with van der Waals surface area (Å²) >= 11 is 0. The molecule has 0 radical (unpaired) electrons. The van der Waals surface area contributed by atoms with E-state index in [1.54, 1.807) is 0 Å². The highest BCUT2D eigenvalue weighted by Crippen LogP contribution is 2.42. The summed E-state index contributed by atoms with van der Waals surface area (Å²) in [6, 6.07) is 8.08. The van der Waals surface area contributed by atoms with Gasteiger partial charge in [-0.25, -0.2) is 0 Å². The van der Waals surface area contributed by atoms with E-state index in [0.717, 1.165) is 37.1 Å². The minimum Gasteiger partial charge on any atom is -0.494 e. The predicted molar refractivity (Wildman–Crippen MR) is 98.5 cm³/mol. The molecule has 0 aromatic heterocycles. The summed E-state index contributed by atoms with van der Waals surface area (Å²) in [5, 5.41) is 11.5. The van der Waals surface area contributed by atoms with E-state index < -0.39 is 5.60 Å². The SMILES string of the molecule is CCOc1ccc(C(O)(CCN(C)C)C2CCCCC2)cc1.Cl. The standard InChI is InChI=1S/C19H31NO2.ClH/c1-4-22-18-12-10-17(11-13-18)19(21,14-15-20(2)3)16-8-6-5-7-9-16;/h10-13,16,21H,4-9,14-15H2,1-3H3;1H. The van der Waals surface area contributed by atoms with Crippen molar-refractivity contribution in [3.63, 3.8) is 0 Å². The Morgan fingerprint density at radius 3 is 2.26 bits per heavy atom. The topological polar surface area (TPSA) is 32.7 Å². The second-order valence-electron chi connectivity index (χ2n) is 6.77. The molecule has 2 rings (SSSR count). The van der Waals surface area contributed by atoms with Crippen molar-refractivity contribution in [1.29, 1.82) is 0 Å². The number of hydrogen-bond acceptors (Lipinski definition) is 3. The Labute approximate surface area is 147 Å². The van der Waals surface area contributed by atoms with Gasteiger partial charge in [0.1, 0.15) is 5.75 Å². The maximum absolute atomic E-state index is 11.5. The van der Waals surface area contributed by atoms with E-state index in [-0.39, 0.29) is 12.4 Å². The van der Waals surface area contributed by atoms with Gasteiger partial charge in [-0.05, 0) is 63.9 Å². The molecule has 1 unspecified atom stereocenters. The van der Waals surface area contributed by atoms with Gasteiger partial charge in [0.05, 0.1) is 12.2 Å². The molecule has 0 heterocycles. The Morgan fingerprint density at radius 1 is 1.13 bits per heavy atom. The Hall–Kier alpha value is -0.770. The maximum atomic E-state index is 11.5. The number of rotatable bonds is 7. The highest BCUT2D eigenvalue weighted by Gasteiger charge is 2.38. The summed E-state index contributed by atoms with van der Waals surface area (Å²) in [6.07, 6.45) is 6.86. The third kappa shape index (κ3) is 5.37. The van der Waals surface area contributed by atoms with E-state index in [4.69, 9.17) is 4.74 Å². The van der Waals surface area contributed by atoms with Crippen molar-refractivity contribution >= 4 is 12.4 Å². The molecule has 1 fully saturated rings. The number of halogens is 1. The molecule has 3 nitrogen and oxygen atoms in total. The molecule has 1 aromatic carbocycles. The zero-order valence-corrected chi connectivity index (χ0v) is 15.6. The zero-order chi connectivity index (χ0) is 16.0. The van der Waals surface area contributed by atoms with E-state index in [0.29, 0.717) is 12.5 Å². The molecule has 1 saturated carbocycles. The zero-order valence-electron chi connectivity index (χ0n) is 14.8. The minimum atomic E-state index is -0.713. The van der Waals surface area contributed by atoms with Crippen molar-refractivity contribution < 1.29 is 9.84 Å². The first-order valence-electron chi connectivity index (χ1n) is 8.66. The average molecular weight is 342 g/mol. The van der Waals surface area contributed by atoms with Gasteiger partial charge in [-0.3, -0.25) is 0 Å². The third-order valence-corrected chi connectivity index (χ3v) is 4.89. The molecular formula is C19H32ClNO2. The summed E-state index contributed by atoms with van der Waals surface area (Å²) in [5.74, 6) is 1.25. The highest BCUT2D eigenvalue weighted by molar-refractivity contribution is 5.85. The monoisotopic (exact) mass is 341 g/mol. The van der Waals surface area contributed by atoms with Crippen LogP contribution in [0.2, 0.25) is 0 Å². The molecule has 0 amide bonds. The van der Waals surface area contributed by atoms with E-state index >= 15 is 0 Å². The summed E-state index contributed by atoms with van der Waals surface area (Å²) in [6.45, 7) is 3.57. The van der Waals surface area contributed by atoms with Gasteiger partial charge in [0.15, 0.2) is 0 Å². The minimum absolute atomic E-state index is 0. The quantitative estimate of drug-likeness (QED) is 0.805. The molecule has 0 spiro atoms. The van der Waals surface area contributed by atoms with Crippen LogP contribution >= 0.6 is 12.4 Å². The first-order valence-corrected chi connectivity index (χ1v) is 8.66. The van der Waals surface area contributed by atoms with E-state index in [2.05, 4.69) is 31.1 Å². The summed E-state index contributed by atoms with van der Waals surface area (Å²) in [4.78, 5) is 2.16. The van der Waals surface area contributed by atoms with Crippen LogP contribution in [0, 0.1) is 5.92 Å². The smallest absolute Gasteiger partial charge is 0.119 e. The Bertz CT molecular complexity index is 443. The van der Waals surface area contributed by atoms with Crippen LogP contribution in [0.3, 0.4) is 0 Å². The van der Waals surface area contributed by atoms with Crippen molar-refractivity contribution in [1.82, 2.24) is 4.90 Å². The van der Waals surface area contributed by atoms with E-state index in [9.17, 15) is 5.11 Å². The van der Waals surface area contributed by atoms with Gasteiger partial charge in [-0.2, -0.15) is 0 Å². The van der Waals surface area contributed by atoms with Gasteiger partial charge >= 0.3 is 0 Å². The predicted octanol–water partition coefficient (Wildman–Crippen LogP) is 4.23. The van der Waals surface area contributed by atoms with Gasteiger partial charge in [-0.15, -0.1) is 12.4 Å². The van der Waals surface area contributed by atoms with Crippen molar-refractivity contribution in [2.45, 2.75) is 51.0 Å². The number of ether oxygens (including phenoxy) is 1. The molecule has 0 aliphatic heterocycles. The largest absolute Gasteiger partial charge is 0.494 e. The van der Waals surface area contributed by atoms with Crippen LogP contribution in [0.5, 0.6) is 5.75 Å². The fourth-order valence-electron chi connectivity index (χ4n) is 3.56. The molecule has 1 atom stereocenters. The first-order chi connectivity index (χ1) is 10.6. The lowest BCUT2D eigenvalue weighted by Crippen LogP contribution is -2.39. The molecule has 0 saturated heterocycles. The van der Waals surface area contributed by atoms with Gasteiger partial charge in [0.2, 0.25) is 0 Å². The third-order valence-electron chi connectivity index (χ3n) is 4.89. The van der Waals surface area contributed by atoms with Gasteiger partial charge in [-0.1, -0.05) is 31.4 Å². The van der Waals surface area contributed by atoms with Gasteiger partial charge in [0.25, 0.3) is 0 Å². The summed E-state index contributed by atoms with van der Waals surface area (Å²) in [5.41, 5.74) is 0.333. The van der Waals surface area contributed by atoms with Crippen LogP contribution in [-0.2, 0) is 5.60 Å². The maximum Gasteiger partial charge on any atom is 0.119 e. The van der Waals surface area contributed by atoms with Gasteiger partial charge < -0.3 is 14.7 Å². The molecule has 132 valence electrons. The number of aliphatic hydroxyl groups is 1. The molecule has 1 aliphatic rings. The Kier molecular flexibility index (Phi) is 8.38. The summed E-state index contributed by atoms with van der Waals surface area (Å²) < 4.78 is 5.53. The van der Waals surface area contributed by atoms with Crippen LogP contribution < -0.4 is 4.74 Å². The number of nitrogens with zero attached hydrogens (tertiary/aromatic N) is 1. The molecule has 0 bridgehead atoms. The van der Waals surface area contributed by atoms with Crippen molar-refractivity contribution in [3.8, 4) is 5.75 Å². The lowest BCUT2D eigenvalue weighted by Gasteiger charge is -2.40. The van der Waals surface area contributed by atoms with Crippen LogP contribution in [0.4, 0.5) is 0 Å². The number of benzene rings is 1. The average Bonchev–Trinajstić information content (AvgIpc) is 2.54. The normalized spacial score (nSPS) is 18.3. The lowest BCUT2D eigenvalue weighted by atomic mass is 9.71. The summed E-state index contributed by atoms with van der Waals surface area (Å²) in [7, 11) is 4.14. The fourth-order valence-corrected chi connectivity index (χ4v) is 3.56. The second kappa shape index (κ2) is 9.51. The first kappa shape index (κ1) is 20.3. The fraction of sp³-hybridized carbons (Fsp3) is 0.684. The van der Waals surface area contributed by atoms with Crippen LogP contribution in [0.15, 0.2) is 24.3 Å².